The number of fused-ring (bicyclic) bond motifs is 3. The highest BCUT2D eigenvalue weighted by Gasteiger charge is 2.28. The number of aryl methyl sites for hydroxylation is 3. The third-order valence-electron chi connectivity index (χ3n) is 7.79. The van der Waals surface area contributed by atoms with Crippen molar-refractivity contribution in [3.63, 3.8) is 0 Å². The molecule has 1 aliphatic rings. The van der Waals surface area contributed by atoms with E-state index in [9.17, 15) is 9.59 Å². The first-order valence-corrected chi connectivity index (χ1v) is 14.4. The molecule has 0 saturated carbocycles. The summed E-state index contributed by atoms with van der Waals surface area (Å²) in [6.45, 7) is 4.13. The summed E-state index contributed by atoms with van der Waals surface area (Å²) in [5.41, 5.74) is 4.39. The quantitative estimate of drug-likeness (QED) is 0.198. The largest absolute Gasteiger partial charge is 0.493 e. The van der Waals surface area contributed by atoms with Crippen LogP contribution in [0.5, 0.6) is 5.75 Å². The number of para-hydroxylation sites is 1. The summed E-state index contributed by atoms with van der Waals surface area (Å²) in [4.78, 5) is 26.9. The first kappa shape index (κ1) is 26.9. The molecule has 0 aliphatic carbocycles. The molecule has 0 bridgehead atoms. The number of rotatable bonds is 7. The zero-order valence-electron chi connectivity index (χ0n) is 23.6. The molecule has 8 nitrogen and oxygen atoms in total. The molecule has 212 valence electrons. The molecule has 2 aromatic heterocycles. The first-order chi connectivity index (χ1) is 20.1. The van der Waals surface area contributed by atoms with E-state index in [0.29, 0.717) is 50.5 Å². The van der Waals surface area contributed by atoms with Gasteiger partial charge in [-0.1, -0.05) is 54.6 Å². The fraction of sp³-hybridized carbons (Fsp3) is 0.333. The number of nitrogens with zero attached hydrogens (tertiary/aromatic N) is 2. The third-order valence-corrected chi connectivity index (χ3v) is 7.79. The number of aromatic nitrogens is 3. The van der Waals surface area contributed by atoms with E-state index >= 15 is 0 Å². The van der Waals surface area contributed by atoms with Gasteiger partial charge in [0.1, 0.15) is 11.4 Å². The number of ether oxygens (including phenoxy) is 3. The molecular weight excluding hydrogens is 518 g/mol. The number of H-pyrrole nitrogens is 1. The van der Waals surface area contributed by atoms with Crippen LogP contribution in [0.4, 0.5) is 0 Å². The minimum Gasteiger partial charge on any atom is -0.493 e. The van der Waals surface area contributed by atoms with Crippen LogP contribution < -0.4 is 10.3 Å². The Labute approximate surface area is 238 Å². The average molecular weight is 554 g/mol. The van der Waals surface area contributed by atoms with Gasteiger partial charge in [-0.2, -0.15) is 0 Å². The van der Waals surface area contributed by atoms with Gasteiger partial charge < -0.3 is 18.8 Å². The second kappa shape index (κ2) is 11.7. The predicted molar refractivity (Wildman–Crippen MR) is 160 cm³/mol. The van der Waals surface area contributed by atoms with Crippen LogP contribution in [0.3, 0.4) is 0 Å². The van der Waals surface area contributed by atoms with Gasteiger partial charge in [0.2, 0.25) is 0 Å². The lowest BCUT2D eigenvalue weighted by Crippen LogP contribution is -2.16. The van der Waals surface area contributed by atoms with E-state index in [1.54, 1.807) is 7.05 Å². The Balaban J connectivity index is 1.42. The first-order valence-electron chi connectivity index (χ1n) is 14.4. The summed E-state index contributed by atoms with van der Waals surface area (Å²) in [5.74, 6) is 0.513. The standard InChI is InChI=1S/C33H35N3O5/c1-3-40-33(38)31-25(16-10-20-41-28-17-8-12-22-11-4-5-13-23(22)28)24-14-9-15-26-29-27(34-35(2)32(29)37)21-39-19-7-6-18-36(31)30(24)26/h4-5,8-9,11-15,17,34H,3,6-7,10,16,18-21H2,1-2H3. The van der Waals surface area contributed by atoms with Gasteiger partial charge in [-0.25, -0.2) is 4.79 Å². The van der Waals surface area contributed by atoms with Gasteiger partial charge in [-0.05, 0) is 49.6 Å². The van der Waals surface area contributed by atoms with Crippen LogP contribution in [0.25, 0.3) is 32.8 Å². The van der Waals surface area contributed by atoms with E-state index in [0.717, 1.165) is 57.1 Å². The van der Waals surface area contributed by atoms with E-state index in [-0.39, 0.29) is 18.1 Å². The van der Waals surface area contributed by atoms with Crippen molar-refractivity contribution in [3.05, 3.63) is 88.0 Å². The van der Waals surface area contributed by atoms with Crippen molar-refractivity contribution >= 4 is 27.6 Å². The normalized spacial score (nSPS) is 13.6. The number of aromatic amines is 1. The number of esters is 1. The van der Waals surface area contributed by atoms with Crippen molar-refractivity contribution < 1.29 is 19.0 Å². The Morgan fingerprint density at radius 1 is 1.02 bits per heavy atom. The highest BCUT2D eigenvalue weighted by molar-refractivity contribution is 6.04. The molecule has 3 aromatic carbocycles. The van der Waals surface area contributed by atoms with Crippen LogP contribution in [0, 0.1) is 0 Å². The summed E-state index contributed by atoms with van der Waals surface area (Å²) in [6, 6.07) is 20.2. The summed E-state index contributed by atoms with van der Waals surface area (Å²) in [5, 5.41) is 6.35. The minimum absolute atomic E-state index is 0.120. The Bertz CT molecular complexity index is 1770. The van der Waals surface area contributed by atoms with Gasteiger partial charge in [0.15, 0.2) is 0 Å². The molecule has 1 N–H and O–H groups in total. The van der Waals surface area contributed by atoms with Crippen LogP contribution >= 0.6 is 0 Å². The maximum absolute atomic E-state index is 13.5. The van der Waals surface area contributed by atoms with Gasteiger partial charge in [-0.3, -0.25) is 14.6 Å². The minimum atomic E-state index is -0.340. The smallest absolute Gasteiger partial charge is 0.355 e. The molecule has 0 radical (unpaired) electrons. The van der Waals surface area contributed by atoms with Crippen LogP contribution in [0.15, 0.2) is 65.5 Å². The highest BCUT2D eigenvalue weighted by Crippen LogP contribution is 2.36. The van der Waals surface area contributed by atoms with Crippen molar-refractivity contribution in [2.75, 3.05) is 19.8 Å². The van der Waals surface area contributed by atoms with Gasteiger partial charge in [-0.15, -0.1) is 0 Å². The van der Waals surface area contributed by atoms with Crippen LogP contribution in [-0.2, 0) is 36.1 Å². The topological polar surface area (TPSA) is 87.5 Å². The van der Waals surface area contributed by atoms with Crippen molar-refractivity contribution in [2.24, 2.45) is 7.05 Å². The zero-order chi connectivity index (χ0) is 28.3. The SMILES string of the molecule is CCOC(=O)c1c(CCCOc2cccc3ccccc23)c2cccc3c2n1CCCCOCc1[nH]n(C)c(=O)c1-3. The fourth-order valence-corrected chi connectivity index (χ4v) is 5.98. The number of carbonyl (C=O) groups is 1. The number of nitrogens with one attached hydrogen (secondary N) is 1. The molecule has 0 spiro atoms. The lowest BCUT2D eigenvalue weighted by atomic mass is 10.00. The van der Waals surface area contributed by atoms with Crippen molar-refractivity contribution in [1.82, 2.24) is 14.3 Å². The fourth-order valence-electron chi connectivity index (χ4n) is 5.98. The molecule has 6 rings (SSSR count). The number of hydrogen-bond donors (Lipinski definition) is 1. The van der Waals surface area contributed by atoms with Crippen LogP contribution in [-0.4, -0.2) is 40.1 Å². The van der Waals surface area contributed by atoms with Crippen molar-refractivity contribution in [2.45, 2.75) is 45.8 Å². The Kier molecular flexibility index (Phi) is 7.65. The van der Waals surface area contributed by atoms with Crippen LogP contribution in [0.1, 0.15) is 47.9 Å². The second-order valence-corrected chi connectivity index (χ2v) is 10.4. The maximum Gasteiger partial charge on any atom is 0.355 e. The molecule has 0 atom stereocenters. The summed E-state index contributed by atoms with van der Waals surface area (Å²) in [7, 11) is 1.71. The Hall–Kier alpha value is -4.30. The maximum atomic E-state index is 13.5. The van der Waals surface area contributed by atoms with E-state index in [4.69, 9.17) is 14.2 Å². The molecule has 0 amide bonds. The van der Waals surface area contributed by atoms with Gasteiger partial charge in [0.25, 0.3) is 5.56 Å². The summed E-state index contributed by atoms with van der Waals surface area (Å²) in [6.07, 6.45) is 3.02. The van der Waals surface area contributed by atoms with Crippen LogP contribution in [0.2, 0.25) is 0 Å². The molecular formula is C33H35N3O5. The van der Waals surface area contributed by atoms with E-state index < -0.39 is 0 Å². The number of benzene rings is 3. The molecule has 5 aromatic rings. The van der Waals surface area contributed by atoms with Crippen molar-refractivity contribution in [3.8, 4) is 16.9 Å². The second-order valence-electron chi connectivity index (χ2n) is 10.4. The molecule has 3 heterocycles. The van der Waals surface area contributed by atoms with Gasteiger partial charge >= 0.3 is 5.97 Å². The van der Waals surface area contributed by atoms with E-state index in [1.807, 2.05) is 49.4 Å². The number of carbonyl (C=O) groups excluding carboxylic acids is 1. The molecule has 0 fully saturated rings. The van der Waals surface area contributed by atoms with E-state index in [2.05, 4.69) is 27.9 Å². The van der Waals surface area contributed by atoms with Gasteiger partial charge in [0.05, 0.1) is 36.6 Å². The molecule has 41 heavy (non-hydrogen) atoms. The summed E-state index contributed by atoms with van der Waals surface area (Å²) < 4.78 is 21.3. The Morgan fingerprint density at radius 3 is 2.71 bits per heavy atom. The van der Waals surface area contributed by atoms with E-state index in [1.165, 1.54) is 4.68 Å². The molecule has 0 unspecified atom stereocenters. The van der Waals surface area contributed by atoms with Gasteiger partial charge in [0, 0.05) is 36.5 Å². The number of hydrogen-bond acceptors (Lipinski definition) is 5. The zero-order valence-corrected chi connectivity index (χ0v) is 23.6. The molecule has 8 heteroatoms. The summed E-state index contributed by atoms with van der Waals surface area (Å²) >= 11 is 0. The highest BCUT2D eigenvalue weighted by atomic mass is 16.5. The predicted octanol–water partition coefficient (Wildman–Crippen LogP) is 5.99. The lowest BCUT2D eigenvalue weighted by Gasteiger charge is -2.13. The monoisotopic (exact) mass is 553 g/mol. The third kappa shape index (κ3) is 5.04. The van der Waals surface area contributed by atoms with Crippen molar-refractivity contribution in [1.29, 1.82) is 0 Å². The average Bonchev–Trinajstić information content (AvgIpc) is 3.44. The molecule has 1 aliphatic heterocycles. The Morgan fingerprint density at radius 2 is 1.83 bits per heavy atom. The molecule has 0 saturated heterocycles. The lowest BCUT2D eigenvalue weighted by molar-refractivity contribution is 0.0512.